The molecule has 2 aromatic rings. The van der Waals surface area contributed by atoms with Crippen LogP contribution in [0, 0.1) is 11.7 Å². The van der Waals surface area contributed by atoms with Gasteiger partial charge in [-0.15, -0.1) is 0 Å². The fourth-order valence-corrected chi connectivity index (χ4v) is 3.50. The summed E-state index contributed by atoms with van der Waals surface area (Å²) in [6.45, 7) is 6.79. The molecule has 0 aromatic heterocycles. The predicted molar refractivity (Wildman–Crippen MR) is 122 cm³/mol. The molecule has 0 fully saturated rings. The maximum Gasteiger partial charge on any atom is 0.412 e. The van der Waals surface area contributed by atoms with Gasteiger partial charge < -0.3 is 9.84 Å². The van der Waals surface area contributed by atoms with Gasteiger partial charge in [-0.2, -0.15) is 0 Å². The van der Waals surface area contributed by atoms with Crippen LogP contribution in [0.25, 0.3) is 0 Å². The van der Waals surface area contributed by atoms with Crippen LogP contribution < -0.4 is 9.64 Å². The Balaban J connectivity index is 0.000000382. The summed E-state index contributed by atoms with van der Waals surface area (Å²) in [5, 5.41) is 9.28. The van der Waals surface area contributed by atoms with Gasteiger partial charge in [0.1, 0.15) is 11.6 Å². The number of benzene rings is 2. The zero-order valence-corrected chi connectivity index (χ0v) is 18.7. The summed E-state index contributed by atoms with van der Waals surface area (Å²) in [5.41, 5.74) is 0.748. The normalized spacial score (nSPS) is 10.3. The van der Waals surface area contributed by atoms with Crippen molar-refractivity contribution in [3.63, 3.8) is 0 Å². The Bertz CT molecular complexity index is 722. The zero-order valence-electron chi connectivity index (χ0n) is 18.7. The van der Waals surface area contributed by atoms with Crippen molar-refractivity contribution in [1.29, 1.82) is 0 Å². The molecule has 2 aromatic carbocycles. The van der Waals surface area contributed by atoms with E-state index in [1.165, 1.54) is 63.8 Å². The zero-order chi connectivity index (χ0) is 22.4. The first-order valence-corrected chi connectivity index (χ1v) is 10.8. The van der Waals surface area contributed by atoms with Crippen LogP contribution in [0.4, 0.5) is 14.9 Å². The van der Waals surface area contributed by atoms with Crippen LogP contribution in [0.5, 0.6) is 5.75 Å². The summed E-state index contributed by atoms with van der Waals surface area (Å²) >= 11 is 0. The van der Waals surface area contributed by atoms with E-state index in [0.717, 1.165) is 10.8 Å². The Kier molecular flexibility index (Phi) is 12.3. The molecule has 1 amide bonds. The Morgan fingerprint density at radius 3 is 2.03 bits per heavy atom. The molecule has 5 heteroatoms. The first-order chi connectivity index (χ1) is 14.5. The minimum absolute atomic E-state index is 0.0810. The van der Waals surface area contributed by atoms with Crippen molar-refractivity contribution in [1.82, 2.24) is 0 Å². The smallest absolute Gasteiger partial charge is 0.412 e. The van der Waals surface area contributed by atoms with E-state index in [9.17, 15) is 14.3 Å². The number of para-hydroxylation sites is 1. The fourth-order valence-electron chi connectivity index (χ4n) is 3.50. The van der Waals surface area contributed by atoms with Crippen LogP contribution >= 0.6 is 0 Å². The first kappa shape index (κ1) is 25.5. The SMILES string of the molecule is CCCC(CCC)CCC.COc1ccc(F)c(CN(C(=O)O)c2ccccc2)c1. The van der Waals surface area contributed by atoms with Gasteiger partial charge in [0.25, 0.3) is 0 Å². The summed E-state index contributed by atoms with van der Waals surface area (Å²) in [6.07, 6.45) is 7.30. The number of hydrogen-bond acceptors (Lipinski definition) is 2. The molecule has 0 radical (unpaired) electrons. The van der Waals surface area contributed by atoms with E-state index < -0.39 is 11.9 Å². The number of carbonyl (C=O) groups is 1. The lowest BCUT2D eigenvalue weighted by Gasteiger charge is -2.20. The highest BCUT2D eigenvalue weighted by Gasteiger charge is 2.17. The number of amides is 1. The summed E-state index contributed by atoms with van der Waals surface area (Å²) in [5.74, 6) is 1.05. The molecule has 0 saturated heterocycles. The standard InChI is InChI=1S/C15H14FNO3.C10H22/c1-20-13-7-8-14(16)11(9-13)10-17(15(18)19)12-5-3-2-4-6-12;1-4-7-10(8-5-2)9-6-3/h2-9H,10H2,1H3,(H,18,19);10H,4-9H2,1-3H3. The van der Waals surface area contributed by atoms with Crippen molar-refractivity contribution in [2.75, 3.05) is 12.0 Å². The van der Waals surface area contributed by atoms with E-state index in [1.807, 2.05) is 0 Å². The highest BCUT2D eigenvalue weighted by molar-refractivity contribution is 5.85. The van der Waals surface area contributed by atoms with Crippen LogP contribution in [-0.2, 0) is 6.54 Å². The second-order valence-electron chi connectivity index (χ2n) is 7.39. The maximum atomic E-state index is 13.8. The van der Waals surface area contributed by atoms with Gasteiger partial charge in [-0.1, -0.05) is 77.5 Å². The van der Waals surface area contributed by atoms with E-state index in [1.54, 1.807) is 30.3 Å². The molecule has 0 aliphatic heterocycles. The lowest BCUT2D eigenvalue weighted by Crippen LogP contribution is -2.28. The van der Waals surface area contributed by atoms with Crippen LogP contribution in [0.3, 0.4) is 0 Å². The summed E-state index contributed by atoms with van der Waals surface area (Å²) < 4.78 is 18.8. The largest absolute Gasteiger partial charge is 0.497 e. The van der Waals surface area contributed by atoms with E-state index in [-0.39, 0.29) is 12.1 Å². The van der Waals surface area contributed by atoms with Crippen molar-refractivity contribution in [3.05, 3.63) is 59.9 Å². The fraction of sp³-hybridized carbons (Fsp3) is 0.480. The number of ether oxygens (including phenoxy) is 1. The van der Waals surface area contributed by atoms with Crippen LogP contribution in [0.1, 0.15) is 64.9 Å². The minimum atomic E-state index is -1.14. The molecular weight excluding hydrogens is 381 g/mol. The van der Waals surface area contributed by atoms with E-state index in [4.69, 9.17) is 4.74 Å². The Hall–Kier alpha value is -2.56. The summed E-state index contributed by atoms with van der Waals surface area (Å²) in [4.78, 5) is 12.4. The third kappa shape index (κ3) is 8.85. The Morgan fingerprint density at radius 1 is 1.00 bits per heavy atom. The molecule has 2 rings (SSSR count). The molecule has 1 N–H and O–H groups in total. The molecule has 4 nitrogen and oxygen atoms in total. The second-order valence-corrected chi connectivity index (χ2v) is 7.39. The van der Waals surface area contributed by atoms with Crippen molar-refractivity contribution in [3.8, 4) is 5.75 Å². The predicted octanol–water partition coefficient (Wildman–Crippen LogP) is 7.52. The van der Waals surface area contributed by atoms with Gasteiger partial charge in [0.15, 0.2) is 0 Å². The number of carboxylic acid groups (broad SMARTS) is 1. The number of rotatable bonds is 10. The summed E-state index contributed by atoms with van der Waals surface area (Å²) in [6, 6.07) is 12.8. The first-order valence-electron chi connectivity index (χ1n) is 10.8. The molecule has 0 unspecified atom stereocenters. The Labute approximate surface area is 180 Å². The number of methoxy groups -OCH3 is 1. The van der Waals surface area contributed by atoms with Crippen molar-refractivity contribution < 1.29 is 19.0 Å². The molecule has 0 saturated carbocycles. The summed E-state index contributed by atoms with van der Waals surface area (Å²) in [7, 11) is 1.48. The number of halogens is 1. The van der Waals surface area contributed by atoms with Crippen LogP contribution in [0.2, 0.25) is 0 Å². The van der Waals surface area contributed by atoms with E-state index in [2.05, 4.69) is 20.8 Å². The molecule has 166 valence electrons. The average Bonchev–Trinajstić information content (AvgIpc) is 2.74. The molecule has 0 heterocycles. The highest BCUT2D eigenvalue weighted by atomic mass is 19.1. The van der Waals surface area contributed by atoms with Crippen molar-refractivity contribution in [2.45, 2.75) is 65.8 Å². The number of anilines is 1. The van der Waals surface area contributed by atoms with Crippen LogP contribution in [0.15, 0.2) is 48.5 Å². The Morgan fingerprint density at radius 2 is 1.57 bits per heavy atom. The highest BCUT2D eigenvalue weighted by Crippen LogP contribution is 2.22. The van der Waals surface area contributed by atoms with Gasteiger partial charge in [0, 0.05) is 11.3 Å². The second kappa shape index (κ2) is 14.4. The van der Waals surface area contributed by atoms with Gasteiger partial charge in [-0.3, -0.25) is 4.90 Å². The molecular formula is C25H36FNO3. The molecule has 0 atom stereocenters. The molecule has 0 spiro atoms. The topological polar surface area (TPSA) is 49.8 Å². The van der Waals surface area contributed by atoms with Gasteiger partial charge >= 0.3 is 6.09 Å². The van der Waals surface area contributed by atoms with Crippen molar-refractivity contribution in [2.24, 2.45) is 5.92 Å². The number of nitrogens with zero attached hydrogens (tertiary/aromatic N) is 1. The van der Waals surface area contributed by atoms with Crippen molar-refractivity contribution >= 4 is 11.8 Å². The van der Waals surface area contributed by atoms with E-state index >= 15 is 0 Å². The van der Waals surface area contributed by atoms with Crippen LogP contribution in [-0.4, -0.2) is 18.3 Å². The molecule has 0 aliphatic carbocycles. The lowest BCUT2D eigenvalue weighted by molar-refractivity contribution is 0.201. The molecule has 30 heavy (non-hydrogen) atoms. The quantitative estimate of drug-likeness (QED) is 0.435. The maximum absolute atomic E-state index is 13.8. The van der Waals surface area contributed by atoms with Gasteiger partial charge in [-0.25, -0.2) is 9.18 Å². The monoisotopic (exact) mass is 417 g/mol. The third-order valence-corrected chi connectivity index (χ3v) is 4.97. The van der Waals surface area contributed by atoms with Gasteiger partial charge in [0.2, 0.25) is 0 Å². The lowest BCUT2D eigenvalue weighted by atomic mass is 9.94. The van der Waals surface area contributed by atoms with Gasteiger partial charge in [-0.05, 0) is 36.2 Å². The minimum Gasteiger partial charge on any atom is -0.497 e. The third-order valence-electron chi connectivity index (χ3n) is 4.97. The van der Waals surface area contributed by atoms with Gasteiger partial charge in [0.05, 0.1) is 13.7 Å². The molecule has 0 bridgehead atoms. The average molecular weight is 418 g/mol. The van der Waals surface area contributed by atoms with E-state index in [0.29, 0.717) is 11.4 Å². The molecule has 0 aliphatic rings. The number of hydrogen-bond donors (Lipinski definition) is 1.